The van der Waals surface area contributed by atoms with Crippen LogP contribution in [0.4, 0.5) is 0 Å². The molecule has 1 aromatic heterocycles. The Morgan fingerprint density at radius 3 is 2.24 bits per heavy atom. The Bertz CT molecular complexity index is 717. The third kappa shape index (κ3) is 8.20. The van der Waals surface area contributed by atoms with Crippen molar-refractivity contribution in [2.75, 3.05) is 13.2 Å². The van der Waals surface area contributed by atoms with Gasteiger partial charge in [0.25, 0.3) is 0 Å². The third-order valence-electron chi connectivity index (χ3n) is 4.42. The van der Waals surface area contributed by atoms with Crippen molar-refractivity contribution in [3.63, 3.8) is 0 Å². The lowest BCUT2D eigenvalue weighted by molar-refractivity contribution is -0.146. The lowest BCUT2D eigenvalue weighted by Gasteiger charge is -2.12. The second kappa shape index (κ2) is 12.9. The molecule has 1 unspecified atom stereocenters. The molecule has 0 spiro atoms. The Labute approximate surface area is 173 Å². The van der Waals surface area contributed by atoms with Crippen LogP contribution in [0.2, 0.25) is 0 Å². The minimum atomic E-state index is -0.584. The maximum atomic E-state index is 12.1. The first-order valence-electron chi connectivity index (χ1n) is 10.5. The monoisotopic (exact) mass is 400 g/mol. The van der Waals surface area contributed by atoms with Crippen LogP contribution in [0.5, 0.6) is 11.5 Å². The second-order valence-electron chi connectivity index (χ2n) is 6.96. The fraction of sp³-hybridized carbons (Fsp3) is 0.522. The van der Waals surface area contributed by atoms with Crippen molar-refractivity contribution in [3.05, 3.63) is 36.7 Å². The van der Waals surface area contributed by atoms with Crippen molar-refractivity contribution in [1.29, 1.82) is 0 Å². The minimum absolute atomic E-state index is 0.398. The number of benzene rings is 1. The summed E-state index contributed by atoms with van der Waals surface area (Å²) in [6.07, 6.45) is 9.40. The van der Waals surface area contributed by atoms with Crippen LogP contribution in [0.3, 0.4) is 0 Å². The van der Waals surface area contributed by atoms with Crippen molar-refractivity contribution < 1.29 is 19.0 Å². The zero-order valence-corrected chi connectivity index (χ0v) is 17.7. The van der Waals surface area contributed by atoms with Crippen molar-refractivity contribution in [3.8, 4) is 22.9 Å². The van der Waals surface area contributed by atoms with E-state index in [-0.39, 0.29) is 0 Å². The summed E-state index contributed by atoms with van der Waals surface area (Å²) in [6.45, 7) is 7.21. The molecule has 6 heteroatoms. The fourth-order valence-corrected chi connectivity index (χ4v) is 2.60. The Kier molecular flexibility index (Phi) is 10.1. The molecule has 0 aliphatic heterocycles. The van der Waals surface area contributed by atoms with Crippen LogP contribution >= 0.6 is 0 Å². The highest BCUT2D eigenvalue weighted by Crippen LogP contribution is 2.21. The summed E-state index contributed by atoms with van der Waals surface area (Å²) < 4.78 is 16.5. The maximum absolute atomic E-state index is 12.1. The molecule has 2 rings (SSSR count). The highest BCUT2D eigenvalue weighted by Gasteiger charge is 2.15. The number of carbonyl (C=O) groups is 1. The first-order chi connectivity index (χ1) is 14.1. The molecule has 0 saturated heterocycles. The molecule has 1 heterocycles. The lowest BCUT2D eigenvalue weighted by atomic mass is 10.2. The topological polar surface area (TPSA) is 70.5 Å². The predicted octanol–water partition coefficient (Wildman–Crippen LogP) is 5.21. The van der Waals surface area contributed by atoms with Gasteiger partial charge in [0, 0.05) is 12.2 Å². The number of nitrogens with zero attached hydrogens (tertiary/aromatic N) is 2. The van der Waals surface area contributed by atoms with E-state index in [2.05, 4.69) is 23.8 Å². The van der Waals surface area contributed by atoms with Gasteiger partial charge in [-0.05, 0) is 44.0 Å². The summed E-state index contributed by atoms with van der Waals surface area (Å²) >= 11 is 0. The standard InChI is InChI=1S/C23H32N2O4/c1-4-6-8-9-15-28-21-16-24-22(25-17-21)19-10-12-20(13-11-19)29-23(26)18(3)27-14-7-5-2/h10-13,16-18H,4-9,14-15H2,1-3H3. The molecule has 0 radical (unpaired) electrons. The Morgan fingerprint density at radius 2 is 1.59 bits per heavy atom. The van der Waals surface area contributed by atoms with E-state index in [1.54, 1.807) is 31.5 Å². The molecule has 158 valence electrons. The van der Waals surface area contributed by atoms with Crippen LogP contribution in [0.15, 0.2) is 36.7 Å². The van der Waals surface area contributed by atoms with Gasteiger partial charge in [0.2, 0.25) is 0 Å². The van der Waals surface area contributed by atoms with E-state index in [1.165, 1.54) is 19.3 Å². The van der Waals surface area contributed by atoms with E-state index in [0.717, 1.165) is 24.8 Å². The van der Waals surface area contributed by atoms with Gasteiger partial charge >= 0.3 is 5.97 Å². The number of hydrogen-bond acceptors (Lipinski definition) is 6. The van der Waals surface area contributed by atoms with Crippen molar-refractivity contribution in [2.24, 2.45) is 0 Å². The third-order valence-corrected chi connectivity index (χ3v) is 4.42. The molecule has 0 amide bonds. The quantitative estimate of drug-likeness (QED) is 0.261. The van der Waals surface area contributed by atoms with Crippen molar-refractivity contribution in [2.45, 2.75) is 65.4 Å². The zero-order valence-electron chi connectivity index (χ0n) is 17.7. The molecule has 1 atom stereocenters. The summed E-state index contributed by atoms with van der Waals surface area (Å²) in [5.74, 6) is 1.34. The largest absolute Gasteiger partial charge is 0.490 e. The van der Waals surface area contributed by atoms with Gasteiger partial charge in [-0.25, -0.2) is 14.8 Å². The van der Waals surface area contributed by atoms with Crippen molar-refractivity contribution in [1.82, 2.24) is 9.97 Å². The molecule has 0 fully saturated rings. The van der Waals surface area contributed by atoms with Crippen LogP contribution in [-0.4, -0.2) is 35.3 Å². The molecule has 0 N–H and O–H groups in total. The molecule has 1 aromatic carbocycles. The number of hydrogen-bond donors (Lipinski definition) is 0. The molecule has 0 saturated carbocycles. The van der Waals surface area contributed by atoms with Crippen LogP contribution in [-0.2, 0) is 9.53 Å². The van der Waals surface area contributed by atoms with Gasteiger partial charge in [-0.1, -0.05) is 39.5 Å². The molecule has 29 heavy (non-hydrogen) atoms. The minimum Gasteiger partial charge on any atom is -0.490 e. The average Bonchev–Trinajstić information content (AvgIpc) is 2.75. The summed E-state index contributed by atoms with van der Waals surface area (Å²) in [4.78, 5) is 20.8. The summed E-state index contributed by atoms with van der Waals surface area (Å²) in [6, 6.07) is 7.11. The van der Waals surface area contributed by atoms with Gasteiger partial charge in [0.1, 0.15) is 5.75 Å². The predicted molar refractivity (Wildman–Crippen MR) is 113 cm³/mol. The van der Waals surface area contributed by atoms with Crippen molar-refractivity contribution >= 4 is 5.97 Å². The van der Waals surface area contributed by atoms with Gasteiger partial charge in [0.15, 0.2) is 17.7 Å². The van der Waals surface area contributed by atoms with Gasteiger partial charge in [0.05, 0.1) is 19.0 Å². The molecule has 0 aliphatic rings. The normalized spacial score (nSPS) is 11.8. The van der Waals surface area contributed by atoms with Crippen LogP contribution in [0, 0.1) is 0 Å². The number of unbranched alkanes of at least 4 members (excludes halogenated alkanes) is 4. The molecule has 2 aromatic rings. The molecule has 6 nitrogen and oxygen atoms in total. The van der Waals surface area contributed by atoms with E-state index in [1.807, 2.05) is 12.1 Å². The average molecular weight is 401 g/mol. The molecular weight excluding hydrogens is 368 g/mol. The van der Waals surface area contributed by atoms with Crippen LogP contribution in [0.25, 0.3) is 11.4 Å². The van der Waals surface area contributed by atoms with Gasteiger partial charge < -0.3 is 14.2 Å². The Hall–Kier alpha value is -2.47. The fourth-order valence-electron chi connectivity index (χ4n) is 2.60. The summed E-state index contributed by atoms with van der Waals surface area (Å²) in [7, 11) is 0. The van der Waals surface area contributed by atoms with Gasteiger partial charge in [-0.2, -0.15) is 0 Å². The SMILES string of the molecule is CCCCCCOc1cnc(-c2ccc(OC(=O)C(C)OCCCC)cc2)nc1. The number of carbonyl (C=O) groups excluding carboxylic acids is 1. The Morgan fingerprint density at radius 1 is 0.897 bits per heavy atom. The number of ether oxygens (including phenoxy) is 3. The molecule has 0 bridgehead atoms. The zero-order chi connectivity index (χ0) is 20.9. The molecular formula is C23H32N2O4. The summed E-state index contributed by atoms with van der Waals surface area (Å²) in [5, 5.41) is 0. The van der Waals surface area contributed by atoms with Gasteiger partial charge in [-0.15, -0.1) is 0 Å². The molecule has 0 aliphatic carbocycles. The van der Waals surface area contributed by atoms with E-state index in [9.17, 15) is 4.79 Å². The number of aromatic nitrogens is 2. The number of rotatable bonds is 13. The first-order valence-corrected chi connectivity index (χ1v) is 10.5. The van der Waals surface area contributed by atoms with E-state index < -0.39 is 12.1 Å². The van der Waals surface area contributed by atoms with E-state index in [4.69, 9.17) is 14.2 Å². The van der Waals surface area contributed by atoms with Gasteiger partial charge in [-0.3, -0.25) is 0 Å². The summed E-state index contributed by atoms with van der Waals surface area (Å²) in [5.41, 5.74) is 0.839. The maximum Gasteiger partial charge on any atom is 0.340 e. The Balaban J connectivity index is 1.84. The van der Waals surface area contributed by atoms with Crippen LogP contribution in [0.1, 0.15) is 59.3 Å². The van der Waals surface area contributed by atoms with Crippen LogP contribution < -0.4 is 9.47 Å². The first kappa shape index (κ1) is 22.8. The second-order valence-corrected chi connectivity index (χ2v) is 6.96. The smallest absolute Gasteiger partial charge is 0.340 e. The van der Waals surface area contributed by atoms with E-state index >= 15 is 0 Å². The highest BCUT2D eigenvalue weighted by atomic mass is 16.6. The number of esters is 1. The highest BCUT2D eigenvalue weighted by molar-refractivity contribution is 5.77. The van der Waals surface area contributed by atoms with E-state index in [0.29, 0.717) is 30.5 Å². The lowest BCUT2D eigenvalue weighted by Crippen LogP contribution is -2.26.